The van der Waals surface area contributed by atoms with Gasteiger partial charge in [-0.1, -0.05) is 0 Å². The van der Waals surface area contributed by atoms with E-state index in [1.54, 1.807) is 11.8 Å². The van der Waals surface area contributed by atoms with Gasteiger partial charge in [0.2, 0.25) is 5.91 Å². The molecule has 8 nitrogen and oxygen atoms in total. The topological polar surface area (TPSA) is 101 Å². The van der Waals surface area contributed by atoms with Gasteiger partial charge in [0.25, 0.3) is 5.91 Å². The Kier molecular flexibility index (Phi) is 7.17. The van der Waals surface area contributed by atoms with E-state index in [-0.39, 0.29) is 35.1 Å². The maximum absolute atomic E-state index is 12.5. The van der Waals surface area contributed by atoms with E-state index in [2.05, 4.69) is 0 Å². The first-order valence-corrected chi connectivity index (χ1v) is 11.0. The molecule has 1 aromatic rings. The van der Waals surface area contributed by atoms with Crippen LogP contribution >= 0.6 is 0 Å². The van der Waals surface area contributed by atoms with Crippen molar-refractivity contribution >= 4 is 27.6 Å². The van der Waals surface area contributed by atoms with Crippen LogP contribution in [-0.2, 0) is 24.2 Å². The zero-order chi connectivity index (χ0) is 20.9. The Balaban J connectivity index is 1.90. The Bertz CT molecular complexity index is 826. The van der Waals surface area contributed by atoms with E-state index in [0.29, 0.717) is 38.1 Å². The van der Waals surface area contributed by atoms with Crippen LogP contribution < -0.4 is 0 Å². The van der Waals surface area contributed by atoms with Crippen LogP contribution in [0.25, 0.3) is 0 Å². The molecule has 0 bridgehead atoms. The summed E-state index contributed by atoms with van der Waals surface area (Å²) in [5.41, 5.74) is 0.309. The molecule has 2 rings (SSSR count). The lowest BCUT2D eigenvalue weighted by Gasteiger charge is -2.32. The van der Waals surface area contributed by atoms with Gasteiger partial charge >= 0.3 is 5.97 Å². The van der Waals surface area contributed by atoms with Crippen molar-refractivity contribution in [2.75, 3.05) is 39.5 Å². The summed E-state index contributed by atoms with van der Waals surface area (Å²) in [6.07, 6.45) is 2.20. The summed E-state index contributed by atoms with van der Waals surface area (Å²) in [6, 6.07) is 5.62. The van der Waals surface area contributed by atoms with Crippen LogP contribution in [0.4, 0.5) is 0 Å². The molecule has 9 heteroatoms. The molecule has 1 aliphatic heterocycles. The van der Waals surface area contributed by atoms with Crippen molar-refractivity contribution in [1.82, 2.24) is 9.80 Å². The minimum absolute atomic E-state index is 0.0866. The lowest BCUT2D eigenvalue weighted by Crippen LogP contribution is -2.45. The molecule has 1 fully saturated rings. The SMILES string of the molecule is CCOC(=O)C1CCN(C(=O)CN(C)C(=O)c2ccc(S(C)(=O)=O)cc2)CC1. The lowest BCUT2D eigenvalue weighted by atomic mass is 9.97. The van der Waals surface area contributed by atoms with Crippen molar-refractivity contribution in [2.45, 2.75) is 24.7 Å². The van der Waals surface area contributed by atoms with Gasteiger partial charge < -0.3 is 14.5 Å². The molecule has 1 aromatic carbocycles. The normalized spacial score (nSPS) is 15.2. The molecule has 0 spiro atoms. The van der Waals surface area contributed by atoms with Gasteiger partial charge in [0.05, 0.1) is 24.0 Å². The predicted molar refractivity (Wildman–Crippen MR) is 102 cm³/mol. The highest BCUT2D eigenvalue weighted by Crippen LogP contribution is 2.19. The number of likely N-dealkylation sites (N-methyl/N-ethyl adjacent to an activating group) is 1. The van der Waals surface area contributed by atoms with Crippen LogP contribution in [-0.4, -0.2) is 75.5 Å². The number of sulfone groups is 1. The van der Waals surface area contributed by atoms with E-state index in [4.69, 9.17) is 4.74 Å². The Morgan fingerprint density at radius 3 is 2.21 bits per heavy atom. The lowest BCUT2D eigenvalue weighted by molar-refractivity contribution is -0.151. The average Bonchev–Trinajstić information content (AvgIpc) is 2.67. The molecular formula is C19H26N2O6S. The van der Waals surface area contributed by atoms with Gasteiger partial charge in [-0.25, -0.2) is 8.42 Å². The standard InChI is InChI=1S/C19H26N2O6S/c1-4-27-19(24)15-9-11-21(12-10-15)17(22)13-20(2)18(23)14-5-7-16(8-6-14)28(3,25)26/h5-8,15H,4,9-13H2,1-3H3. The van der Waals surface area contributed by atoms with Crippen LogP contribution in [0.3, 0.4) is 0 Å². The third kappa shape index (κ3) is 5.54. The zero-order valence-corrected chi connectivity index (χ0v) is 17.2. The highest BCUT2D eigenvalue weighted by molar-refractivity contribution is 7.90. The monoisotopic (exact) mass is 410 g/mol. The number of rotatable bonds is 6. The first kappa shape index (κ1) is 21.9. The number of ether oxygens (including phenoxy) is 1. The number of nitrogens with zero attached hydrogens (tertiary/aromatic N) is 2. The Morgan fingerprint density at radius 1 is 1.14 bits per heavy atom. The van der Waals surface area contributed by atoms with Crippen LogP contribution in [0, 0.1) is 5.92 Å². The first-order chi connectivity index (χ1) is 13.1. The second kappa shape index (κ2) is 9.18. The number of piperidine rings is 1. The van der Waals surface area contributed by atoms with Crippen molar-refractivity contribution in [3.8, 4) is 0 Å². The molecule has 1 heterocycles. The van der Waals surface area contributed by atoms with E-state index in [0.717, 1.165) is 6.26 Å². The number of amides is 2. The van der Waals surface area contributed by atoms with Gasteiger partial charge in [-0.05, 0) is 44.0 Å². The summed E-state index contributed by atoms with van der Waals surface area (Å²) in [5, 5.41) is 0. The number of hydrogen-bond acceptors (Lipinski definition) is 6. The Hall–Kier alpha value is -2.42. The number of carbonyl (C=O) groups is 3. The summed E-state index contributed by atoms with van der Waals surface area (Å²) in [5.74, 6) is -0.961. The van der Waals surface area contributed by atoms with Gasteiger partial charge in [-0.3, -0.25) is 14.4 Å². The maximum Gasteiger partial charge on any atom is 0.309 e. The Morgan fingerprint density at radius 2 is 1.71 bits per heavy atom. The largest absolute Gasteiger partial charge is 0.466 e. The predicted octanol–water partition coefficient (Wildman–Crippen LogP) is 0.964. The number of carbonyl (C=O) groups excluding carboxylic acids is 3. The van der Waals surface area contributed by atoms with E-state index >= 15 is 0 Å². The fraction of sp³-hybridized carbons (Fsp3) is 0.526. The van der Waals surface area contributed by atoms with Crippen LogP contribution in [0.2, 0.25) is 0 Å². The molecular weight excluding hydrogens is 384 g/mol. The summed E-state index contributed by atoms with van der Waals surface area (Å²) in [7, 11) is -1.81. The second-order valence-electron chi connectivity index (χ2n) is 6.86. The van der Waals surface area contributed by atoms with Gasteiger partial charge in [0.15, 0.2) is 9.84 Å². The smallest absolute Gasteiger partial charge is 0.309 e. The summed E-state index contributed by atoms with van der Waals surface area (Å²) >= 11 is 0. The quantitative estimate of drug-likeness (QED) is 0.648. The molecule has 1 saturated heterocycles. The first-order valence-electron chi connectivity index (χ1n) is 9.13. The van der Waals surface area contributed by atoms with Gasteiger partial charge in [0, 0.05) is 32.0 Å². The van der Waals surface area contributed by atoms with E-state index in [1.807, 2.05) is 0 Å². The zero-order valence-electron chi connectivity index (χ0n) is 16.4. The van der Waals surface area contributed by atoms with Crippen molar-refractivity contribution in [3.05, 3.63) is 29.8 Å². The molecule has 1 aliphatic rings. The van der Waals surface area contributed by atoms with Crippen LogP contribution in [0.1, 0.15) is 30.1 Å². The van der Waals surface area contributed by atoms with Crippen molar-refractivity contribution < 1.29 is 27.5 Å². The third-order valence-corrected chi connectivity index (χ3v) is 5.84. The van der Waals surface area contributed by atoms with Gasteiger partial charge in [-0.2, -0.15) is 0 Å². The van der Waals surface area contributed by atoms with Crippen LogP contribution in [0.5, 0.6) is 0 Å². The maximum atomic E-state index is 12.5. The number of likely N-dealkylation sites (tertiary alicyclic amines) is 1. The number of hydrogen-bond donors (Lipinski definition) is 0. The highest BCUT2D eigenvalue weighted by Gasteiger charge is 2.29. The van der Waals surface area contributed by atoms with Crippen molar-refractivity contribution in [1.29, 1.82) is 0 Å². The molecule has 0 saturated carbocycles. The van der Waals surface area contributed by atoms with Gasteiger partial charge in [0.1, 0.15) is 0 Å². The van der Waals surface area contributed by atoms with Gasteiger partial charge in [-0.15, -0.1) is 0 Å². The van der Waals surface area contributed by atoms with E-state index in [1.165, 1.54) is 36.2 Å². The second-order valence-corrected chi connectivity index (χ2v) is 8.88. The minimum Gasteiger partial charge on any atom is -0.466 e. The fourth-order valence-corrected chi connectivity index (χ4v) is 3.69. The number of benzene rings is 1. The van der Waals surface area contributed by atoms with E-state index < -0.39 is 9.84 Å². The molecule has 0 unspecified atom stereocenters. The molecule has 28 heavy (non-hydrogen) atoms. The molecule has 154 valence electrons. The van der Waals surface area contributed by atoms with E-state index in [9.17, 15) is 22.8 Å². The van der Waals surface area contributed by atoms with Crippen molar-refractivity contribution in [3.63, 3.8) is 0 Å². The summed E-state index contributed by atoms with van der Waals surface area (Å²) < 4.78 is 28.0. The molecule has 0 aromatic heterocycles. The minimum atomic E-state index is -3.33. The highest BCUT2D eigenvalue weighted by atomic mass is 32.2. The fourth-order valence-electron chi connectivity index (χ4n) is 3.06. The molecule has 0 aliphatic carbocycles. The van der Waals surface area contributed by atoms with Crippen LogP contribution in [0.15, 0.2) is 29.2 Å². The average molecular weight is 410 g/mol. The summed E-state index contributed by atoms with van der Waals surface area (Å²) in [4.78, 5) is 39.8. The summed E-state index contributed by atoms with van der Waals surface area (Å²) in [6.45, 7) is 2.92. The number of esters is 1. The molecule has 0 N–H and O–H groups in total. The Labute approximate surface area is 165 Å². The third-order valence-electron chi connectivity index (χ3n) is 4.72. The molecule has 0 radical (unpaired) electrons. The molecule has 0 atom stereocenters. The molecule has 2 amide bonds. The van der Waals surface area contributed by atoms with Crippen molar-refractivity contribution in [2.24, 2.45) is 5.92 Å².